The summed E-state index contributed by atoms with van der Waals surface area (Å²) in [7, 11) is -2.55. The second kappa shape index (κ2) is 6.63. The Kier molecular flexibility index (Phi) is 4.79. The number of halogens is 3. The Hall–Kier alpha value is -1.99. The Labute approximate surface area is 152 Å². The van der Waals surface area contributed by atoms with Gasteiger partial charge in [0.25, 0.3) is 0 Å². The number of fused-ring (bicyclic) bond motifs is 1. The first kappa shape index (κ1) is 18.8. The minimum Gasteiger partial charge on any atom is -0.359 e. The predicted octanol–water partition coefficient (Wildman–Crippen LogP) is 4.69. The Balaban J connectivity index is 2.12. The Bertz CT molecular complexity index is 1010. The highest BCUT2D eigenvalue weighted by Gasteiger charge is 2.35. The van der Waals surface area contributed by atoms with Crippen molar-refractivity contribution in [1.29, 1.82) is 0 Å². The predicted molar refractivity (Wildman–Crippen MR) is 99.5 cm³/mol. The second-order valence-corrected chi connectivity index (χ2v) is 9.95. The Morgan fingerprint density at radius 1 is 1.27 bits per heavy atom. The molecule has 0 bridgehead atoms. The van der Waals surface area contributed by atoms with Crippen molar-refractivity contribution in [1.82, 2.24) is 15.0 Å². The van der Waals surface area contributed by atoms with Gasteiger partial charge in [-0.15, -0.1) is 0 Å². The molecule has 2 aromatic heterocycles. The van der Waals surface area contributed by atoms with Crippen LogP contribution in [0.25, 0.3) is 10.9 Å². The van der Waals surface area contributed by atoms with Crippen LogP contribution in [-0.2, 0) is 10.7 Å². The highest BCUT2D eigenvalue weighted by Crippen LogP contribution is 2.40. The van der Waals surface area contributed by atoms with Gasteiger partial charge in [-0.3, -0.25) is 0 Å². The van der Waals surface area contributed by atoms with Crippen LogP contribution in [0.4, 0.5) is 24.7 Å². The fourth-order valence-corrected chi connectivity index (χ4v) is 4.09. The lowest BCUT2D eigenvalue weighted by Crippen LogP contribution is -2.11. The van der Waals surface area contributed by atoms with Crippen LogP contribution in [0.2, 0.25) is 0 Å². The molecule has 0 spiro atoms. The maximum atomic E-state index is 13.3. The van der Waals surface area contributed by atoms with Crippen molar-refractivity contribution in [3.05, 3.63) is 36.2 Å². The van der Waals surface area contributed by atoms with E-state index in [-0.39, 0.29) is 11.0 Å². The van der Waals surface area contributed by atoms with Gasteiger partial charge in [0, 0.05) is 23.1 Å². The molecular weight excluding hydrogens is 384 g/mol. The van der Waals surface area contributed by atoms with Gasteiger partial charge in [0.05, 0.1) is 11.2 Å². The van der Waals surface area contributed by atoms with Gasteiger partial charge in [0.1, 0.15) is 18.5 Å². The number of benzene rings is 1. The molecule has 0 aliphatic heterocycles. The fourth-order valence-electron chi connectivity index (χ4n) is 2.58. The molecule has 0 atom stereocenters. The maximum absolute atomic E-state index is 13.3. The van der Waals surface area contributed by atoms with Crippen molar-refractivity contribution in [3.63, 3.8) is 0 Å². The van der Waals surface area contributed by atoms with Crippen molar-refractivity contribution in [2.45, 2.75) is 11.3 Å². The van der Waals surface area contributed by atoms with E-state index >= 15 is 0 Å². The van der Waals surface area contributed by atoms with Crippen LogP contribution >= 0.6 is 18.9 Å². The van der Waals surface area contributed by atoms with Gasteiger partial charge < -0.3 is 14.9 Å². The van der Waals surface area contributed by atoms with Crippen LogP contribution in [-0.4, -0.2) is 34.5 Å². The molecular formula is C16H16F3N4OPS. The third-order valence-corrected chi connectivity index (χ3v) is 5.88. The standard InChI is InChI=1S/C16H16F3N4OPS/c1-25(2,24)12-6-4-5-9-11(8-20-13(9)12)22-14-10(16(17,18)19)7-21-15(23-14)26-3/h4-8,20H,1-3H3,(H,21,22,23). The molecule has 10 heteroatoms. The Morgan fingerprint density at radius 3 is 2.62 bits per heavy atom. The first-order chi connectivity index (χ1) is 12.1. The van der Waals surface area contributed by atoms with Crippen LogP contribution in [0.1, 0.15) is 5.56 Å². The van der Waals surface area contributed by atoms with E-state index in [1.54, 1.807) is 44.0 Å². The first-order valence-electron chi connectivity index (χ1n) is 7.52. The number of alkyl halides is 3. The van der Waals surface area contributed by atoms with Gasteiger partial charge >= 0.3 is 6.18 Å². The van der Waals surface area contributed by atoms with Crippen molar-refractivity contribution in [3.8, 4) is 0 Å². The van der Waals surface area contributed by atoms with Gasteiger partial charge in [-0.25, -0.2) is 9.97 Å². The van der Waals surface area contributed by atoms with E-state index in [2.05, 4.69) is 20.3 Å². The molecule has 0 amide bonds. The number of hydrogen-bond donors (Lipinski definition) is 2. The van der Waals surface area contributed by atoms with E-state index in [1.807, 2.05) is 0 Å². The zero-order chi connectivity index (χ0) is 19.1. The number of hydrogen-bond acceptors (Lipinski definition) is 5. The molecule has 1 aromatic carbocycles. The zero-order valence-electron chi connectivity index (χ0n) is 14.2. The third kappa shape index (κ3) is 3.59. The van der Waals surface area contributed by atoms with Crippen LogP contribution < -0.4 is 10.6 Å². The SMILES string of the molecule is CSc1ncc(C(F)(F)F)c(Nc2c[nH]c3c(P(C)(C)=O)cccc23)n1. The molecule has 0 aliphatic rings. The molecule has 26 heavy (non-hydrogen) atoms. The molecule has 0 radical (unpaired) electrons. The number of nitrogens with zero attached hydrogens (tertiary/aromatic N) is 2. The highest BCUT2D eigenvalue weighted by atomic mass is 32.2. The number of nitrogens with one attached hydrogen (secondary N) is 2. The van der Waals surface area contributed by atoms with Crippen molar-refractivity contribution < 1.29 is 17.7 Å². The second-order valence-electron chi connectivity index (χ2n) is 5.99. The number of aromatic nitrogens is 3. The monoisotopic (exact) mass is 400 g/mol. The summed E-state index contributed by atoms with van der Waals surface area (Å²) in [5, 5.41) is 4.27. The van der Waals surface area contributed by atoms with E-state index in [1.165, 1.54) is 0 Å². The van der Waals surface area contributed by atoms with E-state index in [4.69, 9.17) is 0 Å². The third-order valence-electron chi connectivity index (χ3n) is 3.78. The molecule has 0 aliphatic carbocycles. The molecule has 0 saturated carbocycles. The summed E-state index contributed by atoms with van der Waals surface area (Å²) in [4.78, 5) is 10.7. The maximum Gasteiger partial charge on any atom is 0.421 e. The lowest BCUT2D eigenvalue weighted by atomic mass is 10.2. The van der Waals surface area contributed by atoms with Crippen molar-refractivity contribution in [2.24, 2.45) is 0 Å². The first-order valence-corrected chi connectivity index (χ1v) is 11.3. The molecule has 0 fully saturated rings. The number of H-pyrrole nitrogens is 1. The summed E-state index contributed by atoms with van der Waals surface area (Å²) in [6.45, 7) is 3.29. The number of para-hydroxylation sites is 1. The summed E-state index contributed by atoms with van der Waals surface area (Å²) >= 11 is 1.15. The zero-order valence-corrected chi connectivity index (χ0v) is 15.9. The number of rotatable bonds is 4. The molecule has 2 N–H and O–H groups in total. The van der Waals surface area contributed by atoms with Crippen molar-refractivity contribution in [2.75, 3.05) is 24.9 Å². The lowest BCUT2D eigenvalue weighted by molar-refractivity contribution is -0.137. The number of aromatic amines is 1. The molecule has 0 saturated heterocycles. The quantitative estimate of drug-likeness (QED) is 0.378. The summed E-state index contributed by atoms with van der Waals surface area (Å²) in [5.41, 5.74) is 0.111. The average Bonchev–Trinajstić information content (AvgIpc) is 2.95. The topological polar surface area (TPSA) is 70.7 Å². The van der Waals surface area contributed by atoms with Crippen molar-refractivity contribution >= 4 is 46.6 Å². The van der Waals surface area contributed by atoms with Gasteiger partial charge in [-0.2, -0.15) is 13.2 Å². The van der Waals surface area contributed by atoms with Gasteiger partial charge in [-0.1, -0.05) is 23.9 Å². The summed E-state index contributed by atoms with van der Waals surface area (Å²) < 4.78 is 52.3. The minimum absolute atomic E-state index is 0.229. The van der Waals surface area contributed by atoms with Gasteiger partial charge in [0.2, 0.25) is 0 Å². The molecule has 5 nitrogen and oxygen atoms in total. The van der Waals surface area contributed by atoms with Crippen LogP contribution in [0.5, 0.6) is 0 Å². The summed E-state index contributed by atoms with van der Waals surface area (Å²) in [5.74, 6) is -0.320. The normalized spacial score (nSPS) is 12.5. The summed E-state index contributed by atoms with van der Waals surface area (Å²) in [6, 6.07) is 5.23. The molecule has 138 valence electrons. The van der Waals surface area contributed by atoms with E-state index in [9.17, 15) is 17.7 Å². The summed E-state index contributed by atoms with van der Waals surface area (Å²) in [6.07, 6.45) is -0.581. The molecule has 3 rings (SSSR count). The van der Waals surface area contributed by atoms with Crippen LogP contribution in [0.15, 0.2) is 35.7 Å². The molecule has 2 heterocycles. The minimum atomic E-state index is -4.58. The van der Waals surface area contributed by atoms with Gasteiger partial charge in [0.15, 0.2) is 5.16 Å². The van der Waals surface area contributed by atoms with Gasteiger partial charge in [-0.05, 0) is 25.7 Å². The number of anilines is 2. The molecule has 0 unspecified atom stereocenters. The number of thioether (sulfide) groups is 1. The smallest absolute Gasteiger partial charge is 0.359 e. The van der Waals surface area contributed by atoms with E-state index in [0.29, 0.717) is 21.9 Å². The average molecular weight is 400 g/mol. The van der Waals surface area contributed by atoms with E-state index < -0.39 is 18.9 Å². The van der Waals surface area contributed by atoms with Crippen LogP contribution in [0, 0.1) is 0 Å². The Morgan fingerprint density at radius 2 is 2.00 bits per heavy atom. The van der Waals surface area contributed by atoms with Crippen LogP contribution in [0.3, 0.4) is 0 Å². The lowest BCUT2D eigenvalue weighted by Gasteiger charge is -2.13. The molecule has 3 aromatic rings. The highest BCUT2D eigenvalue weighted by molar-refractivity contribution is 7.98. The largest absolute Gasteiger partial charge is 0.421 e. The fraction of sp³-hybridized carbons (Fsp3) is 0.250. The van der Waals surface area contributed by atoms with E-state index in [0.717, 1.165) is 18.0 Å².